The van der Waals surface area contributed by atoms with Crippen LogP contribution in [0.4, 0.5) is 22.0 Å². The lowest BCUT2D eigenvalue weighted by Gasteiger charge is -2.24. The van der Waals surface area contributed by atoms with Gasteiger partial charge in [0.1, 0.15) is 0 Å². The Kier molecular flexibility index (Phi) is 3.82. The number of carbonyl (C=O) groups is 2. The molecule has 0 spiro atoms. The van der Waals surface area contributed by atoms with Gasteiger partial charge in [-0.15, -0.1) is 0 Å². The molecule has 1 rings (SSSR count). The van der Waals surface area contributed by atoms with Gasteiger partial charge in [-0.05, 0) is 12.3 Å². The lowest BCUT2D eigenvalue weighted by Crippen LogP contribution is -2.51. The number of carboxylic acid groups (broad SMARTS) is 1. The number of amides is 1. The van der Waals surface area contributed by atoms with Crippen molar-refractivity contribution in [2.45, 2.75) is 24.9 Å². The number of rotatable bonds is 3. The molecule has 1 aliphatic rings. The van der Waals surface area contributed by atoms with Gasteiger partial charge < -0.3 is 10.0 Å². The Labute approximate surface area is 98.4 Å². The van der Waals surface area contributed by atoms with Crippen LogP contribution in [0.25, 0.3) is 0 Å². The average molecular weight is 275 g/mol. The van der Waals surface area contributed by atoms with Crippen LogP contribution in [0.5, 0.6) is 0 Å². The number of hydrogen-bond donors (Lipinski definition) is 1. The second-order valence-electron chi connectivity index (χ2n) is 4.08. The van der Waals surface area contributed by atoms with Crippen molar-refractivity contribution in [3.05, 3.63) is 0 Å². The molecule has 1 fully saturated rings. The van der Waals surface area contributed by atoms with Gasteiger partial charge in [-0.1, -0.05) is 0 Å². The van der Waals surface area contributed by atoms with Crippen LogP contribution in [0.15, 0.2) is 0 Å². The molecule has 0 aromatic carbocycles. The largest absolute Gasteiger partial charge is 0.481 e. The Morgan fingerprint density at radius 3 is 2.22 bits per heavy atom. The van der Waals surface area contributed by atoms with Gasteiger partial charge in [-0.3, -0.25) is 9.59 Å². The standard InChI is InChI=1S/C9H10F5NO3/c10-8(11,9(12,13)14)7(18)15-2-1-5(4-15)3-6(16)17/h5H,1-4H2,(H,16,17). The summed E-state index contributed by atoms with van der Waals surface area (Å²) in [6.45, 7) is -0.681. The smallest absolute Gasteiger partial charge is 0.463 e. The van der Waals surface area contributed by atoms with Gasteiger partial charge in [0.25, 0.3) is 0 Å². The van der Waals surface area contributed by atoms with Crippen molar-refractivity contribution in [2.75, 3.05) is 13.1 Å². The fourth-order valence-electron chi connectivity index (χ4n) is 1.75. The first-order valence-corrected chi connectivity index (χ1v) is 5.01. The number of aliphatic carboxylic acids is 1. The lowest BCUT2D eigenvalue weighted by atomic mass is 10.1. The van der Waals surface area contributed by atoms with Gasteiger partial charge >= 0.3 is 24.0 Å². The van der Waals surface area contributed by atoms with E-state index < -0.39 is 36.4 Å². The molecule has 9 heteroatoms. The van der Waals surface area contributed by atoms with Crippen molar-refractivity contribution in [2.24, 2.45) is 5.92 Å². The molecule has 0 aliphatic carbocycles. The lowest BCUT2D eigenvalue weighted by molar-refractivity contribution is -0.274. The molecular weight excluding hydrogens is 265 g/mol. The summed E-state index contributed by atoms with van der Waals surface area (Å²) in [7, 11) is 0. The van der Waals surface area contributed by atoms with Crippen LogP contribution in [0.2, 0.25) is 0 Å². The Morgan fingerprint density at radius 1 is 1.22 bits per heavy atom. The number of carboxylic acids is 1. The van der Waals surface area contributed by atoms with Crippen LogP contribution in [-0.4, -0.2) is 47.1 Å². The van der Waals surface area contributed by atoms with Crippen LogP contribution in [0, 0.1) is 5.92 Å². The SMILES string of the molecule is O=C(O)CC1CCN(C(=O)C(F)(F)C(F)(F)F)C1. The van der Waals surface area contributed by atoms with E-state index in [9.17, 15) is 31.5 Å². The quantitative estimate of drug-likeness (QED) is 0.794. The highest BCUT2D eigenvalue weighted by atomic mass is 19.4. The van der Waals surface area contributed by atoms with E-state index in [-0.39, 0.29) is 19.4 Å². The van der Waals surface area contributed by atoms with E-state index in [1.54, 1.807) is 0 Å². The fraction of sp³-hybridized carbons (Fsp3) is 0.778. The maximum absolute atomic E-state index is 12.7. The summed E-state index contributed by atoms with van der Waals surface area (Å²) in [4.78, 5) is 21.8. The zero-order valence-electron chi connectivity index (χ0n) is 9.01. The summed E-state index contributed by atoms with van der Waals surface area (Å²) in [6, 6.07) is 0. The van der Waals surface area contributed by atoms with Crippen molar-refractivity contribution in [1.82, 2.24) is 4.90 Å². The Hall–Kier alpha value is -1.41. The maximum atomic E-state index is 12.7. The number of halogens is 5. The monoisotopic (exact) mass is 275 g/mol. The second-order valence-corrected chi connectivity index (χ2v) is 4.08. The molecule has 0 radical (unpaired) electrons. The summed E-state index contributed by atoms with van der Waals surface area (Å²) in [5.41, 5.74) is 0. The number of carbonyl (C=O) groups excluding carboxylic acids is 1. The molecule has 1 unspecified atom stereocenters. The molecule has 0 saturated carbocycles. The maximum Gasteiger partial charge on any atom is 0.463 e. The first-order valence-electron chi connectivity index (χ1n) is 5.01. The summed E-state index contributed by atoms with van der Waals surface area (Å²) in [5, 5.41) is 8.46. The molecular formula is C9H10F5NO3. The third-order valence-electron chi connectivity index (χ3n) is 2.66. The third-order valence-corrected chi connectivity index (χ3v) is 2.66. The topological polar surface area (TPSA) is 57.6 Å². The minimum Gasteiger partial charge on any atom is -0.481 e. The van der Waals surface area contributed by atoms with Gasteiger partial charge in [-0.2, -0.15) is 22.0 Å². The molecule has 1 N–H and O–H groups in total. The zero-order chi connectivity index (χ0) is 14.1. The zero-order valence-corrected chi connectivity index (χ0v) is 9.01. The van der Waals surface area contributed by atoms with E-state index in [1.807, 2.05) is 0 Å². The van der Waals surface area contributed by atoms with E-state index in [2.05, 4.69) is 0 Å². The molecule has 1 saturated heterocycles. The summed E-state index contributed by atoms with van der Waals surface area (Å²) >= 11 is 0. The Morgan fingerprint density at radius 2 is 1.78 bits per heavy atom. The molecule has 104 valence electrons. The molecule has 0 bridgehead atoms. The van der Waals surface area contributed by atoms with Gasteiger partial charge in [0.2, 0.25) is 0 Å². The second kappa shape index (κ2) is 4.69. The number of hydrogen-bond acceptors (Lipinski definition) is 2. The van der Waals surface area contributed by atoms with Crippen LogP contribution >= 0.6 is 0 Å². The molecule has 0 aromatic rings. The van der Waals surface area contributed by atoms with E-state index in [4.69, 9.17) is 5.11 Å². The van der Waals surface area contributed by atoms with Crippen molar-refractivity contribution in [1.29, 1.82) is 0 Å². The number of nitrogens with zero attached hydrogens (tertiary/aromatic N) is 1. The van der Waals surface area contributed by atoms with Crippen molar-refractivity contribution < 1.29 is 36.6 Å². The fourth-order valence-corrected chi connectivity index (χ4v) is 1.75. The molecule has 0 aromatic heterocycles. The predicted molar refractivity (Wildman–Crippen MR) is 47.9 cm³/mol. The highest BCUT2D eigenvalue weighted by Crippen LogP contribution is 2.38. The molecule has 1 aliphatic heterocycles. The Bertz CT molecular complexity index is 355. The van der Waals surface area contributed by atoms with Crippen LogP contribution in [0.1, 0.15) is 12.8 Å². The first kappa shape index (κ1) is 14.7. The van der Waals surface area contributed by atoms with Crippen molar-refractivity contribution in [3.63, 3.8) is 0 Å². The van der Waals surface area contributed by atoms with Crippen LogP contribution in [0.3, 0.4) is 0 Å². The van der Waals surface area contributed by atoms with Gasteiger partial charge in [-0.25, -0.2) is 0 Å². The van der Waals surface area contributed by atoms with E-state index in [0.29, 0.717) is 4.90 Å². The van der Waals surface area contributed by atoms with E-state index in [1.165, 1.54) is 0 Å². The van der Waals surface area contributed by atoms with Gasteiger partial charge in [0.05, 0.1) is 0 Å². The molecule has 18 heavy (non-hydrogen) atoms. The van der Waals surface area contributed by atoms with E-state index >= 15 is 0 Å². The number of likely N-dealkylation sites (tertiary alicyclic amines) is 1. The highest BCUT2D eigenvalue weighted by Gasteiger charge is 2.64. The van der Waals surface area contributed by atoms with Crippen LogP contribution in [-0.2, 0) is 9.59 Å². The Balaban J connectivity index is 2.68. The van der Waals surface area contributed by atoms with Crippen molar-refractivity contribution >= 4 is 11.9 Å². The van der Waals surface area contributed by atoms with E-state index in [0.717, 1.165) is 0 Å². The molecule has 1 heterocycles. The van der Waals surface area contributed by atoms with Crippen molar-refractivity contribution in [3.8, 4) is 0 Å². The highest BCUT2D eigenvalue weighted by molar-refractivity contribution is 5.84. The minimum absolute atomic E-state index is 0.103. The number of alkyl halides is 5. The molecule has 1 amide bonds. The minimum atomic E-state index is -5.94. The third kappa shape index (κ3) is 2.88. The van der Waals surface area contributed by atoms with Crippen LogP contribution < -0.4 is 0 Å². The summed E-state index contributed by atoms with van der Waals surface area (Å²) in [5.74, 6) is -9.51. The summed E-state index contributed by atoms with van der Waals surface area (Å²) < 4.78 is 61.3. The average Bonchev–Trinajstić information content (AvgIpc) is 2.62. The molecule has 4 nitrogen and oxygen atoms in total. The van der Waals surface area contributed by atoms with Gasteiger partial charge in [0, 0.05) is 19.5 Å². The predicted octanol–water partition coefficient (Wildman–Crippen LogP) is 1.51. The summed E-state index contributed by atoms with van der Waals surface area (Å²) in [6.07, 6.45) is -6.19. The van der Waals surface area contributed by atoms with Gasteiger partial charge in [0.15, 0.2) is 0 Å². The first-order chi connectivity index (χ1) is 8.05. The normalized spacial score (nSPS) is 21.2. The molecule has 1 atom stereocenters.